The van der Waals surface area contributed by atoms with Gasteiger partial charge in [0.05, 0.1) is 19.9 Å². The van der Waals surface area contributed by atoms with E-state index in [-0.39, 0.29) is 18.4 Å². The van der Waals surface area contributed by atoms with Gasteiger partial charge in [0, 0.05) is 0 Å². The van der Waals surface area contributed by atoms with E-state index in [9.17, 15) is 9.59 Å². The minimum atomic E-state index is -0.735. The monoisotopic (exact) mass is 483 g/mol. The second-order valence-electron chi connectivity index (χ2n) is 9.15. The van der Waals surface area contributed by atoms with Crippen molar-refractivity contribution in [3.63, 3.8) is 0 Å². The highest BCUT2D eigenvalue weighted by atomic mass is 16.5. The molecule has 0 aliphatic carbocycles. The van der Waals surface area contributed by atoms with E-state index in [4.69, 9.17) is 14.2 Å². The first-order chi connectivity index (χ1) is 16.7. The van der Waals surface area contributed by atoms with Crippen molar-refractivity contribution in [1.29, 1.82) is 0 Å². The van der Waals surface area contributed by atoms with Gasteiger partial charge in [-0.1, -0.05) is 45.9 Å². The lowest BCUT2D eigenvalue weighted by molar-refractivity contribution is -0.130. The summed E-state index contributed by atoms with van der Waals surface area (Å²) in [6.07, 6.45) is 1.98. The highest BCUT2D eigenvalue weighted by Crippen LogP contribution is 2.28. The fourth-order valence-corrected chi connectivity index (χ4v) is 3.19. The molecule has 0 saturated heterocycles. The van der Waals surface area contributed by atoms with Crippen molar-refractivity contribution in [3.05, 3.63) is 53.6 Å². The normalized spacial score (nSPS) is 12.0. The Hall–Kier alpha value is -3.55. The lowest BCUT2D eigenvalue weighted by Gasteiger charge is -2.19. The first-order valence-electron chi connectivity index (χ1n) is 11.8. The third kappa shape index (κ3) is 9.68. The molecule has 8 heteroatoms. The van der Waals surface area contributed by atoms with Crippen LogP contribution in [0.15, 0.2) is 47.6 Å². The third-order valence-electron chi connectivity index (χ3n) is 4.96. The first kappa shape index (κ1) is 27.7. The minimum Gasteiger partial charge on any atom is -0.493 e. The Kier molecular flexibility index (Phi) is 11.1. The summed E-state index contributed by atoms with van der Waals surface area (Å²) in [4.78, 5) is 25.2. The molecule has 0 radical (unpaired) electrons. The van der Waals surface area contributed by atoms with Crippen LogP contribution >= 0.6 is 0 Å². The molecule has 2 rings (SSSR count). The molecule has 2 aromatic carbocycles. The number of nitrogens with zero attached hydrogens (tertiary/aromatic N) is 1. The Morgan fingerprint density at radius 2 is 1.71 bits per heavy atom. The molecule has 190 valence electrons. The number of hydrogen-bond acceptors (Lipinski definition) is 6. The topological polar surface area (TPSA) is 98.2 Å². The van der Waals surface area contributed by atoms with Crippen LogP contribution in [-0.4, -0.2) is 44.4 Å². The zero-order chi connectivity index (χ0) is 25.8. The van der Waals surface area contributed by atoms with Crippen molar-refractivity contribution in [2.75, 3.05) is 20.3 Å². The zero-order valence-electron chi connectivity index (χ0n) is 21.5. The van der Waals surface area contributed by atoms with Gasteiger partial charge in [0.1, 0.15) is 11.8 Å². The molecule has 0 aromatic heterocycles. The van der Waals surface area contributed by atoms with Gasteiger partial charge in [-0.15, -0.1) is 0 Å². The van der Waals surface area contributed by atoms with Crippen LogP contribution in [0.5, 0.6) is 17.2 Å². The molecule has 0 bridgehead atoms. The summed E-state index contributed by atoms with van der Waals surface area (Å²) in [7, 11) is 1.57. The van der Waals surface area contributed by atoms with E-state index in [1.165, 1.54) is 6.21 Å². The average molecular weight is 484 g/mol. The van der Waals surface area contributed by atoms with Crippen molar-refractivity contribution in [3.8, 4) is 17.2 Å². The largest absolute Gasteiger partial charge is 0.493 e. The van der Waals surface area contributed by atoms with Gasteiger partial charge in [0.25, 0.3) is 11.8 Å². The van der Waals surface area contributed by atoms with Gasteiger partial charge >= 0.3 is 0 Å². The Morgan fingerprint density at radius 1 is 0.971 bits per heavy atom. The number of methoxy groups -OCH3 is 1. The van der Waals surface area contributed by atoms with Crippen LogP contribution in [0.2, 0.25) is 0 Å². The van der Waals surface area contributed by atoms with Crippen molar-refractivity contribution in [2.45, 2.75) is 47.1 Å². The molecule has 0 unspecified atom stereocenters. The number of hydrogen-bond donors (Lipinski definition) is 2. The summed E-state index contributed by atoms with van der Waals surface area (Å²) in [6.45, 7) is 10.4. The van der Waals surface area contributed by atoms with E-state index < -0.39 is 11.9 Å². The Labute approximate surface area is 208 Å². The summed E-state index contributed by atoms with van der Waals surface area (Å²) in [5.41, 5.74) is 4.18. The summed E-state index contributed by atoms with van der Waals surface area (Å²) >= 11 is 0. The molecule has 0 aliphatic rings. The molecule has 0 aliphatic heterocycles. The van der Waals surface area contributed by atoms with E-state index in [0.29, 0.717) is 36.2 Å². The van der Waals surface area contributed by atoms with Gasteiger partial charge in [-0.05, 0) is 60.6 Å². The maximum atomic E-state index is 12.7. The smallest absolute Gasteiger partial charge is 0.262 e. The summed E-state index contributed by atoms with van der Waals surface area (Å²) in [5.74, 6) is 1.67. The van der Waals surface area contributed by atoms with Crippen molar-refractivity contribution < 1.29 is 23.8 Å². The number of amides is 2. The van der Waals surface area contributed by atoms with Gasteiger partial charge in [-0.2, -0.15) is 5.10 Å². The van der Waals surface area contributed by atoms with Crippen LogP contribution in [0.1, 0.15) is 45.2 Å². The molecular formula is C27H37N3O5. The number of carbonyl (C=O) groups is 2. The van der Waals surface area contributed by atoms with Crippen LogP contribution in [0.4, 0.5) is 0 Å². The molecule has 0 spiro atoms. The number of rotatable bonds is 13. The minimum absolute atomic E-state index is 0.180. The lowest BCUT2D eigenvalue weighted by Crippen LogP contribution is -2.47. The van der Waals surface area contributed by atoms with Gasteiger partial charge in [-0.25, -0.2) is 5.43 Å². The van der Waals surface area contributed by atoms with Crippen LogP contribution in [0.3, 0.4) is 0 Å². The number of aryl methyl sites for hydroxylation is 1. The van der Waals surface area contributed by atoms with E-state index in [1.54, 1.807) is 25.3 Å². The number of ether oxygens (including phenoxy) is 3. The van der Waals surface area contributed by atoms with Crippen LogP contribution in [-0.2, 0) is 9.59 Å². The SMILES string of the molecule is COc1cc(/C=N\NC(=O)[C@@H](CC(C)C)NC(=O)COc2ccccc2C)ccc1OCC(C)C. The fourth-order valence-electron chi connectivity index (χ4n) is 3.19. The summed E-state index contributed by atoms with van der Waals surface area (Å²) in [5, 5.41) is 6.81. The Balaban J connectivity index is 1.96. The standard InChI is InChI=1S/C27H37N3O5/c1-18(2)13-22(29-26(31)17-35-23-10-8-7-9-20(23)5)27(32)30-28-15-21-11-12-24(25(14-21)33-6)34-16-19(3)4/h7-12,14-15,18-19,22H,13,16-17H2,1-6H3,(H,29,31)(H,30,32)/b28-15-/t22-/m1/s1. The zero-order valence-corrected chi connectivity index (χ0v) is 21.5. The van der Waals surface area contributed by atoms with Crippen LogP contribution in [0, 0.1) is 18.8 Å². The molecule has 2 N–H and O–H groups in total. The number of hydrazone groups is 1. The van der Waals surface area contributed by atoms with Gasteiger partial charge in [-0.3, -0.25) is 9.59 Å². The van der Waals surface area contributed by atoms with Gasteiger partial charge in [0.15, 0.2) is 18.1 Å². The Morgan fingerprint density at radius 3 is 2.37 bits per heavy atom. The summed E-state index contributed by atoms with van der Waals surface area (Å²) < 4.78 is 16.7. The molecule has 1 atom stereocenters. The number of carbonyl (C=O) groups excluding carboxylic acids is 2. The van der Waals surface area contributed by atoms with Gasteiger partial charge < -0.3 is 19.5 Å². The number of nitrogens with one attached hydrogen (secondary N) is 2. The molecule has 0 saturated carbocycles. The molecule has 0 fully saturated rings. The molecule has 2 amide bonds. The molecular weight excluding hydrogens is 446 g/mol. The van der Waals surface area contributed by atoms with Gasteiger partial charge in [0.2, 0.25) is 0 Å². The predicted octanol–water partition coefficient (Wildman–Crippen LogP) is 4.10. The van der Waals surface area contributed by atoms with E-state index in [0.717, 1.165) is 11.1 Å². The summed E-state index contributed by atoms with van der Waals surface area (Å²) in [6, 6.07) is 12.1. The third-order valence-corrected chi connectivity index (χ3v) is 4.96. The molecule has 0 heterocycles. The molecule has 35 heavy (non-hydrogen) atoms. The maximum absolute atomic E-state index is 12.7. The predicted molar refractivity (Wildman–Crippen MR) is 137 cm³/mol. The number of para-hydroxylation sites is 1. The second-order valence-corrected chi connectivity index (χ2v) is 9.15. The highest BCUT2D eigenvalue weighted by molar-refractivity contribution is 5.89. The van der Waals surface area contributed by atoms with Crippen molar-refractivity contribution >= 4 is 18.0 Å². The molecule has 2 aromatic rings. The number of benzene rings is 2. The maximum Gasteiger partial charge on any atom is 0.262 e. The quantitative estimate of drug-likeness (QED) is 0.330. The van der Waals surface area contributed by atoms with Crippen LogP contribution in [0.25, 0.3) is 0 Å². The van der Waals surface area contributed by atoms with E-state index >= 15 is 0 Å². The van der Waals surface area contributed by atoms with E-state index in [2.05, 4.69) is 29.7 Å². The Bertz CT molecular complexity index is 1000. The second kappa shape index (κ2) is 14.0. The fraction of sp³-hybridized carbons (Fsp3) is 0.444. The van der Waals surface area contributed by atoms with Crippen LogP contribution < -0.4 is 25.0 Å². The van der Waals surface area contributed by atoms with Crippen molar-refractivity contribution in [2.24, 2.45) is 16.9 Å². The van der Waals surface area contributed by atoms with Crippen molar-refractivity contribution in [1.82, 2.24) is 10.7 Å². The average Bonchev–Trinajstić information content (AvgIpc) is 2.81. The first-order valence-corrected chi connectivity index (χ1v) is 11.8. The lowest BCUT2D eigenvalue weighted by atomic mass is 10.0. The van der Waals surface area contributed by atoms with E-state index in [1.807, 2.05) is 45.0 Å². The highest BCUT2D eigenvalue weighted by Gasteiger charge is 2.22. The molecule has 8 nitrogen and oxygen atoms in total.